The minimum absolute atomic E-state index is 0.199. The van der Waals surface area contributed by atoms with Crippen LogP contribution in [0, 0.1) is 11.8 Å². The van der Waals surface area contributed by atoms with Gasteiger partial charge in [-0.3, -0.25) is 4.79 Å². The average molecular weight is 210 g/mol. The Kier molecular flexibility index (Phi) is 3.29. The lowest BCUT2D eigenvalue weighted by Crippen LogP contribution is -2.41. The number of carbonyl (C=O) groups excluding carboxylic acids is 1. The van der Waals surface area contributed by atoms with Crippen molar-refractivity contribution in [2.24, 2.45) is 11.8 Å². The molecule has 0 aromatic rings. The molecule has 2 aliphatic heterocycles. The van der Waals surface area contributed by atoms with Crippen LogP contribution in [-0.4, -0.2) is 36.5 Å². The molecule has 1 amide bonds. The molecule has 3 unspecified atom stereocenters. The lowest BCUT2D eigenvalue weighted by molar-refractivity contribution is -0.134. The van der Waals surface area contributed by atoms with Crippen molar-refractivity contribution >= 4 is 5.91 Å². The second-order valence-corrected chi connectivity index (χ2v) is 5.02. The van der Waals surface area contributed by atoms with Crippen LogP contribution in [0.4, 0.5) is 0 Å². The number of hydrogen-bond donors (Lipinski definition) is 1. The Labute approximate surface area is 92.2 Å². The van der Waals surface area contributed by atoms with Crippen molar-refractivity contribution in [3.8, 4) is 0 Å². The van der Waals surface area contributed by atoms with Gasteiger partial charge in [0.1, 0.15) is 0 Å². The minimum Gasteiger partial charge on any atom is -0.341 e. The molecule has 3 heteroatoms. The summed E-state index contributed by atoms with van der Waals surface area (Å²) in [7, 11) is 0. The maximum Gasteiger partial charge on any atom is 0.225 e. The Morgan fingerprint density at radius 2 is 2.33 bits per heavy atom. The summed E-state index contributed by atoms with van der Waals surface area (Å²) in [5, 5.41) is 3.53. The first-order chi connectivity index (χ1) is 7.22. The van der Waals surface area contributed by atoms with Gasteiger partial charge in [0.25, 0.3) is 0 Å². The molecule has 86 valence electrons. The van der Waals surface area contributed by atoms with E-state index in [4.69, 9.17) is 0 Å². The van der Waals surface area contributed by atoms with E-state index in [-0.39, 0.29) is 5.92 Å². The molecule has 2 fully saturated rings. The molecule has 1 N–H and O–H groups in total. The molecule has 0 saturated carbocycles. The lowest BCUT2D eigenvalue weighted by Gasteiger charge is -2.24. The standard InChI is InChI=1S/C12H22N2O/c1-3-9(2)12(15)14-7-10-5-4-6-13-11(10)8-14/h9-11,13H,3-8H2,1-2H3. The Bertz CT molecular complexity index is 228. The number of carbonyl (C=O) groups is 1. The molecule has 3 nitrogen and oxygen atoms in total. The molecule has 15 heavy (non-hydrogen) atoms. The largest absolute Gasteiger partial charge is 0.341 e. The van der Waals surface area contributed by atoms with Crippen LogP contribution in [0.2, 0.25) is 0 Å². The van der Waals surface area contributed by atoms with E-state index in [1.807, 2.05) is 6.92 Å². The fourth-order valence-electron chi connectivity index (χ4n) is 2.71. The van der Waals surface area contributed by atoms with Crippen molar-refractivity contribution in [3.05, 3.63) is 0 Å². The van der Waals surface area contributed by atoms with Crippen LogP contribution in [0.25, 0.3) is 0 Å². The number of rotatable bonds is 2. The fraction of sp³-hybridized carbons (Fsp3) is 0.917. The molecule has 2 saturated heterocycles. The van der Waals surface area contributed by atoms with E-state index in [1.54, 1.807) is 0 Å². The summed E-state index contributed by atoms with van der Waals surface area (Å²) in [6, 6.07) is 0.576. The second kappa shape index (κ2) is 4.52. The molecule has 3 atom stereocenters. The van der Waals surface area contributed by atoms with Crippen molar-refractivity contribution < 1.29 is 4.79 Å². The lowest BCUT2D eigenvalue weighted by atomic mass is 9.94. The van der Waals surface area contributed by atoms with Crippen molar-refractivity contribution in [2.45, 2.75) is 39.2 Å². The van der Waals surface area contributed by atoms with Gasteiger partial charge in [0.05, 0.1) is 0 Å². The van der Waals surface area contributed by atoms with Gasteiger partial charge in [0, 0.05) is 25.0 Å². The molecule has 0 aromatic carbocycles. The van der Waals surface area contributed by atoms with Gasteiger partial charge in [0.15, 0.2) is 0 Å². The Morgan fingerprint density at radius 1 is 1.53 bits per heavy atom. The van der Waals surface area contributed by atoms with Gasteiger partial charge in [-0.05, 0) is 31.7 Å². The number of likely N-dealkylation sites (tertiary alicyclic amines) is 1. The highest BCUT2D eigenvalue weighted by atomic mass is 16.2. The highest BCUT2D eigenvalue weighted by Crippen LogP contribution is 2.26. The highest BCUT2D eigenvalue weighted by molar-refractivity contribution is 5.78. The molecule has 2 aliphatic rings. The molecular weight excluding hydrogens is 188 g/mol. The van der Waals surface area contributed by atoms with Gasteiger partial charge in [-0.25, -0.2) is 0 Å². The molecule has 0 bridgehead atoms. The highest BCUT2D eigenvalue weighted by Gasteiger charge is 2.37. The third kappa shape index (κ3) is 2.17. The van der Waals surface area contributed by atoms with Crippen LogP contribution < -0.4 is 5.32 Å². The quantitative estimate of drug-likeness (QED) is 0.744. The van der Waals surface area contributed by atoms with Crippen LogP contribution in [0.3, 0.4) is 0 Å². The minimum atomic E-state index is 0.199. The van der Waals surface area contributed by atoms with Crippen LogP contribution in [0.1, 0.15) is 33.1 Å². The molecule has 2 rings (SSSR count). The zero-order valence-corrected chi connectivity index (χ0v) is 9.83. The molecular formula is C12H22N2O. The predicted octanol–water partition coefficient (Wildman–Crippen LogP) is 1.24. The summed E-state index contributed by atoms with van der Waals surface area (Å²) >= 11 is 0. The number of amides is 1. The van der Waals surface area contributed by atoms with E-state index in [0.717, 1.165) is 26.1 Å². The summed E-state index contributed by atoms with van der Waals surface area (Å²) in [4.78, 5) is 14.1. The van der Waals surface area contributed by atoms with Crippen LogP contribution >= 0.6 is 0 Å². The maximum absolute atomic E-state index is 12.0. The second-order valence-electron chi connectivity index (χ2n) is 5.02. The summed E-state index contributed by atoms with van der Waals surface area (Å²) in [6.45, 7) is 7.18. The van der Waals surface area contributed by atoms with Gasteiger partial charge >= 0.3 is 0 Å². The average Bonchev–Trinajstić information content (AvgIpc) is 2.70. The summed E-state index contributed by atoms with van der Waals surface area (Å²) in [5.41, 5.74) is 0. The van der Waals surface area contributed by atoms with Crippen LogP contribution in [-0.2, 0) is 4.79 Å². The van der Waals surface area contributed by atoms with E-state index in [0.29, 0.717) is 17.9 Å². The fourth-order valence-corrected chi connectivity index (χ4v) is 2.71. The summed E-state index contributed by atoms with van der Waals surface area (Å²) in [6.07, 6.45) is 3.52. The first-order valence-corrected chi connectivity index (χ1v) is 6.24. The molecule has 0 radical (unpaired) electrons. The SMILES string of the molecule is CCC(C)C(=O)N1CC2CCCNC2C1. The number of piperidine rings is 1. The van der Waals surface area contributed by atoms with Crippen LogP contribution in [0.5, 0.6) is 0 Å². The molecule has 0 spiro atoms. The van der Waals surface area contributed by atoms with Crippen molar-refractivity contribution in [1.82, 2.24) is 10.2 Å². The summed E-state index contributed by atoms with van der Waals surface area (Å²) < 4.78 is 0. The maximum atomic E-state index is 12.0. The first kappa shape index (κ1) is 10.9. The zero-order valence-electron chi connectivity index (χ0n) is 9.83. The summed E-state index contributed by atoms with van der Waals surface area (Å²) in [5.74, 6) is 1.27. The first-order valence-electron chi connectivity index (χ1n) is 6.24. The van der Waals surface area contributed by atoms with E-state index < -0.39 is 0 Å². The van der Waals surface area contributed by atoms with Gasteiger partial charge in [-0.2, -0.15) is 0 Å². The van der Waals surface area contributed by atoms with Gasteiger partial charge in [-0.1, -0.05) is 13.8 Å². The molecule has 2 heterocycles. The number of hydrogen-bond acceptors (Lipinski definition) is 2. The van der Waals surface area contributed by atoms with Gasteiger partial charge in [0.2, 0.25) is 5.91 Å². The van der Waals surface area contributed by atoms with E-state index >= 15 is 0 Å². The number of nitrogens with zero attached hydrogens (tertiary/aromatic N) is 1. The Hall–Kier alpha value is -0.570. The van der Waals surface area contributed by atoms with Gasteiger partial charge < -0.3 is 10.2 Å². The normalized spacial score (nSPS) is 32.5. The van der Waals surface area contributed by atoms with E-state index in [9.17, 15) is 4.79 Å². The number of fused-ring (bicyclic) bond motifs is 1. The Morgan fingerprint density at radius 3 is 3.00 bits per heavy atom. The monoisotopic (exact) mass is 210 g/mol. The smallest absolute Gasteiger partial charge is 0.225 e. The third-order valence-electron chi connectivity index (χ3n) is 3.94. The van der Waals surface area contributed by atoms with Crippen molar-refractivity contribution in [1.29, 1.82) is 0 Å². The Balaban J connectivity index is 1.93. The van der Waals surface area contributed by atoms with Crippen molar-refractivity contribution in [3.63, 3.8) is 0 Å². The topological polar surface area (TPSA) is 32.3 Å². The predicted molar refractivity (Wildman–Crippen MR) is 60.5 cm³/mol. The number of nitrogens with one attached hydrogen (secondary N) is 1. The van der Waals surface area contributed by atoms with E-state index in [1.165, 1.54) is 12.8 Å². The van der Waals surface area contributed by atoms with E-state index in [2.05, 4.69) is 17.1 Å². The zero-order chi connectivity index (χ0) is 10.8. The molecule has 0 aromatic heterocycles. The van der Waals surface area contributed by atoms with Gasteiger partial charge in [-0.15, -0.1) is 0 Å². The molecule has 0 aliphatic carbocycles. The van der Waals surface area contributed by atoms with Crippen molar-refractivity contribution in [2.75, 3.05) is 19.6 Å². The third-order valence-corrected chi connectivity index (χ3v) is 3.94. The van der Waals surface area contributed by atoms with Crippen LogP contribution in [0.15, 0.2) is 0 Å².